The molecule has 0 aromatic heterocycles. The lowest BCUT2D eigenvalue weighted by Gasteiger charge is -2.36. The highest BCUT2D eigenvalue weighted by atomic mass is 35.5. The lowest BCUT2D eigenvalue weighted by molar-refractivity contribution is 0.568. The van der Waals surface area contributed by atoms with Crippen LogP contribution >= 0.6 is 12.4 Å². The topological polar surface area (TPSA) is 64.7 Å². The van der Waals surface area contributed by atoms with Gasteiger partial charge in [0.1, 0.15) is 0 Å². The molecule has 0 radical (unpaired) electrons. The summed E-state index contributed by atoms with van der Waals surface area (Å²) in [7, 11) is -3.53. The van der Waals surface area contributed by atoms with Crippen molar-refractivity contribution in [1.82, 2.24) is 10.0 Å². The van der Waals surface area contributed by atoms with Crippen LogP contribution in [0.5, 0.6) is 0 Å². The second-order valence-corrected chi connectivity index (χ2v) is 8.01. The van der Waals surface area contributed by atoms with E-state index in [9.17, 15) is 8.42 Å². The maximum atomic E-state index is 12.6. The highest BCUT2D eigenvalue weighted by molar-refractivity contribution is 7.90. The Morgan fingerprint density at radius 3 is 2.35 bits per heavy atom. The number of halogens is 1. The quantitative estimate of drug-likeness (QED) is 0.834. The fourth-order valence-electron chi connectivity index (χ4n) is 3.47. The number of nitrogens with zero attached hydrogens (tertiary/aromatic N) is 2. The van der Waals surface area contributed by atoms with Gasteiger partial charge >= 0.3 is 10.2 Å². The fourth-order valence-corrected chi connectivity index (χ4v) is 4.70. The van der Waals surface area contributed by atoms with E-state index in [4.69, 9.17) is 0 Å². The van der Waals surface area contributed by atoms with Crippen molar-refractivity contribution in [3.05, 3.63) is 59.7 Å². The third kappa shape index (κ3) is 3.66. The molecule has 1 fully saturated rings. The molecule has 0 spiro atoms. The highest BCUT2D eigenvalue weighted by Crippen LogP contribution is 2.35. The molecule has 2 aliphatic rings. The first-order valence-corrected chi connectivity index (χ1v) is 9.98. The Bertz CT molecular complexity index is 855. The zero-order valence-corrected chi connectivity index (χ0v) is 16.0. The number of rotatable bonds is 3. The van der Waals surface area contributed by atoms with E-state index in [1.54, 1.807) is 0 Å². The maximum Gasteiger partial charge on any atom is 0.302 e. The van der Waals surface area contributed by atoms with Crippen LogP contribution in [-0.4, -0.2) is 34.6 Å². The molecule has 0 aliphatic carbocycles. The van der Waals surface area contributed by atoms with Gasteiger partial charge in [0, 0.05) is 44.0 Å². The van der Waals surface area contributed by atoms with Crippen molar-refractivity contribution in [1.29, 1.82) is 0 Å². The van der Waals surface area contributed by atoms with Crippen LogP contribution in [0.2, 0.25) is 0 Å². The van der Waals surface area contributed by atoms with E-state index >= 15 is 0 Å². The van der Waals surface area contributed by atoms with Gasteiger partial charge in [-0.15, -0.1) is 12.4 Å². The first kappa shape index (κ1) is 19.0. The maximum absolute atomic E-state index is 12.6. The van der Waals surface area contributed by atoms with Crippen LogP contribution in [0, 0.1) is 0 Å². The Morgan fingerprint density at radius 1 is 0.923 bits per heavy atom. The molecule has 0 atom stereocenters. The zero-order valence-electron chi connectivity index (χ0n) is 14.4. The van der Waals surface area contributed by atoms with Crippen LogP contribution in [0.4, 0.5) is 11.4 Å². The van der Waals surface area contributed by atoms with Crippen molar-refractivity contribution in [2.24, 2.45) is 0 Å². The van der Waals surface area contributed by atoms with Crippen LogP contribution in [0.3, 0.4) is 0 Å². The summed E-state index contributed by atoms with van der Waals surface area (Å²) in [5.41, 5.74) is 3.92. The molecule has 140 valence electrons. The molecule has 2 aromatic rings. The molecule has 0 bridgehead atoms. The van der Waals surface area contributed by atoms with Crippen molar-refractivity contribution >= 4 is 34.0 Å². The zero-order chi connectivity index (χ0) is 17.3. The summed E-state index contributed by atoms with van der Waals surface area (Å²) < 4.78 is 29.5. The molecule has 26 heavy (non-hydrogen) atoms. The molecule has 0 saturated carbocycles. The Morgan fingerprint density at radius 2 is 1.62 bits per heavy atom. The second kappa shape index (κ2) is 7.84. The molecular weight excluding hydrogens is 372 g/mol. The minimum atomic E-state index is -3.53. The predicted octanol–water partition coefficient (Wildman–Crippen LogP) is 1.87. The molecule has 1 saturated heterocycles. The summed E-state index contributed by atoms with van der Waals surface area (Å²) in [4.78, 5) is 2.33. The van der Waals surface area contributed by atoms with Crippen LogP contribution < -0.4 is 19.2 Å². The lowest BCUT2D eigenvalue weighted by atomic mass is 10.1. The standard InChI is InChI=1S/C18H22N4O2S.ClH/c23-25(24)20-13-16-17(21-11-9-19-10-12-21)7-4-8-18(16)22(25)14-15-5-2-1-3-6-15;/h1-8,19-20H,9-14H2;1H. The largest absolute Gasteiger partial charge is 0.369 e. The average Bonchev–Trinajstić information content (AvgIpc) is 2.65. The Balaban J connectivity index is 0.00000196. The number of hydrogen-bond donors (Lipinski definition) is 2. The second-order valence-electron chi connectivity index (χ2n) is 6.33. The Labute approximate surface area is 160 Å². The lowest BCUT2D eigenvalue weighted by Crippen LogP contribution is -2.47. The molecule has 0 unspecified atom stereocenters. The Hall–Kier alpha value is -1.80. The number of fused-ring (bicyclic) bond motifs is 1. The van der Waals surface area contributed by atoms with E-state index in [0.717, 1.165) is 48.7 Å². The van der Waals surface area contributed by atoms with Gasteiger partial charge < -0.3 is 10.2 Å². The molecule has 2 aromatic carbocycles. The van der Waals surface area contributed by atoms with Gasteiger partial charge in [0.25, 0.3) is 0 Å². The molecule has 2 N–H and O–H groups in total. The van der Waals surface area contributed by atoms with Crippen molar-refractivity contribution in [2.75, 3.05) is 35.4 Å². The summed E-state index contributed by atoms with van der Waals surface area (Å²) in [6, 6.07) is 15.6. The van der Waals surface area contributed by atoms with Gasteiger partial charge in [-0.05, 0) is 17.7 Å². The number of anilines is 2. The first-order chi connectivity index (χ1) is 12.1. The molecule has 2 aliphatic heterocycles. The third-order valence-electron chi connectivity index (χ3n) is 4.74. The van der Waals surface area contributed by atoms with Crippen LogP contribution in [0.15, 0.2) is 48.5 Å². The molecule has 6 nitrogen and oxygen atoms in total. The van der Waals surface area contributed by atoms with Gasteiger partial charge in [0.05, 0.1) is 12.2 Å². The van der Waals surface area contributed by atoms with E-state index in [1.807, 2.05) is 42.5 Å². The van der Waals surface area contributed by atoms with Crippen molar-refractivity contribution in [3.63, 3.8) is 0 Å². The summed E-state index contributed by atoms with van der Waals surface area (Å²) in [6.07, 6.45) is 0. The van der Waals surface area contributed by atoms with Gasteiger partial charge in [0.2, 0.25) is 0 Å². The van der Waals surface area contributed by atoms with E-state index in [-0.39, 0.29) is 12.4 Å². The van der Waals surface area contributed by atoms with Crippen LogP contribution in [0.1, 0.15) is 11.1 Å². The summed E-state index contributed by atoms with van der Waals surface area (Å²) in [5.74, 6) is 0. The summed E-state index contributed by atoms with van der Waals surface area (Å²) in [5, 5.41) is 3.36. The van der Waals surface area contributed by atoms with Crippen molar-refractivity contribution in [3.8, 4) is 0 Å². The van der Waals surface area contributed by atoms with Crippen LogP contribution in [-0.2, 0) is 23.3 Å². The first-order valence-electron chi connectivity index (χ1n) is 8.54. The van der Waals surface area contributed by atoms with Gasteiger partial charge in [-0.25, -0.2) is 0 Å². The number of hydrogen-bond acceptors (Lipinski definition) is 4. The molecule has 0 amide bonds. The molecule has 2 heterocycles. The minimum absolute atomic E-state index is 0. The van der Waals surface area contributed by atoms with Crippen LogP contribution in [0.25, 0.3) is 0 Å². The fraction of sp³-hybridized carbons (Fsp3) is 0.333. The van der Waals surface area contributed by atoms with E-state index < -0.39 is 10.2 Å². The highest BCUT2D eigenvalue weighted by Gasteiger charge is 2.31. The average molecular weight is 395 g/mol. The van der Waals surface area contributed by atoms with E-state index in [2.05, 4.69) is 21.0 Å². The van der Waals surface area contributed by atoms with E-state index in [0.29, 0.717) is 13.1 Å². The minimum Gasteiger partial charge on any atom is -0.369 e. The summed E-state index contributed by atoms with van der Waals surface area (Å²) >= 11 is 0. The number of benzene rings is 2. The monoisotopic (exact) mass is 394 g/mol. The van der Waals surface area contributed by atoms with Gasteiger partial charge in [-0.2, -0.15) is 13.1 Å². The van der Waals surface area contributed by atoms with Gasteiger partial charge in [-0.3, -0.25) is 4.31 Å². The smallest absolute Gasteiger partial charge is 0.302 e. The SMILES string of the molecule is Cl.O=S1(=O)NCc2c(N3CCNCC3)cccc2N1Cc1ccccc1. The molecular formula is C18H23ClN4O2S. The number of nitrogens with one attached hydrogen (secondary N) is 2. The molecule has 4 rings (SSSR count). The predicted molar refractivity (Wildman–Crippen MR) is 107 cm³/mol. The molecule has 8 heteroatoms. The third-order valence-corrected chi connectivity index (χ3v) is 6.16. The normalized spacial score (nSPS) is 18.8. The van der Waals surface area contributed by atoms with Gasteiger partial charge in [0.15, 0.2) is 0 Å². The number of piperazine rings is 1. The van der Waals surface area contributed by atoms with Gasteiger partial charge in [-0.1, -0.05) is 36.4 Å². The van der Waals surface area contributed by atoms with Crippen molar-refractivity contribution < 1.29 is 8.42 Å². The Kier molecular flexibility index (Phi) is 5.72. The van der Waals surface area contributed by atoms with Crippen molar-refractivity contribution in [2.45, 2.75) is 13.1 Å². The summed E-state index contributed by atoms with van der Waals surface area (Å²) in [6.45, 7) is 4.42. The van der Waals surface area contributed by atoms with E-state index in [1.165, 1.54) is 4.31 Å².